The maximum absolute atomic E-state index is 13.2. The van der Waals surface area contributed by atoms with Crippen LogP contribution in [0.25, 0.3) is 0 Å². The molecule has 0 bridgehead atoms. The molecule has 0 aromatic heterocycles. The number of fused-ring (bicyclic) bond motifs is 1. The molecule has 0 unspecified atom stereocenters. The van der Waals surface area contributed by atoms with Crippen LogP contribution in [0.1, 0.15) is 60.7 Å². The average Bonchev–Trinajstić information content (AvgIpc) is 3.22. The van der Waals surface area contributed by atoms with Gasteiger partial charge in [-0.1, -0.05) is 36.4 Å². The van der Waals surface area contributed by atoms with Crippen molar-refractivity contribution in [3.8, 4) is 0 Å². The van der Waals surface area contributed by atoms with Crippen molar-refractivity contribution < 1.29 is 19.5 Å². The van der Waals surface area contributed by atoms with Crippen molar-refractivity contribution in [3.05, 3.63) is 100 Å². The van der Waals surface area contributed by atoms with Gasteiger partial charge in [-0.05, 0) is 60.4 Å². The number of hydrogen-bond acceptors (Lipinski definition) is 4. The van der Waals surface area contributed by atoms with Gasteiger partial charge in [-0.3, -0.25) is 9.59 Å². The first-order chi connectivity index (χ1) is 15.8. The Bertz CT molecular complexity index is 1200. The highest BCUT2D eigenvalue weighted by atomic mass is 16.4. The van der Waals surface area contributed by atoms with Crippen LogP contribution in [0.4, 0.5) is 5.69 Å². The number of benzene rings is 3. The number of hydrogen-bond donors (Lipinski definition) is 3. The Morgan fingerprint density at radius 3 is 2.30 bits per heavy atom. The average molecular weight is 444 g/mol. The normalized spacial score (nSPS) is 13.3. The van der Waals surface area contributed by atoms with Crippen LogP contribution in [0.2, 0.25) is 0 Å². The number of carboxylic acid groups (broad SMARTS) is 1. The molecule has 0 spiro atoms. The summed E-state index contributed by atoms with van der Waals surface area (Å²) in [4.78, 5) is 37.8. The van der Waals surface area contributed by atoms with Crippen LogP contribution < -0.4 is 16.0 Å². The van der Waals surface area contributed by atoms with Gasteiger partial charge in [-0.25, -0.2) is 4.79 Å². The third-order valence-corrected chi connectivity index (χ3v) is 5.95. The molecule has 7 nitrogen and oxygen atoms in total. The molecule has 0 aliphatic carbocycles. The van der Waals surface area contributed by atoms with Crippen molar-refractivity contribution in [2.75, 3.05) is 11.4 Å². The molecule has 1 atom stereocenters. The summed E-state index contributed by atoms with van der Waals surface area (Å²) in [5, 5.41) is 12.1. The standard InChI is InChI=1S/C26H25N3O4/c1-16(18-9-11-21(12-10-18)26(32)33)28-25(31)22-4-2-3-19-13-14-29(23(19)22)15-17-5-7-20(8-6-17)24(27)30/h2-12,16H,13-15H2,1H3,(H2,27,30)(H,28,31)(H,32,33)/t16-/m0/s1. The SMILES string of the molecule is C[C@H](NC(=O)c1cccc2c1N(Cc1ccc(C(N)=O)cc1)CC2)c1ccc(C(=O)O)cc1. The van der Waals surface area contributed by atoms with Crippen LogP contribution in [-0.4, -0.2) is 29.4 Å². The molecule has 168 valence electrons. The predicted octanol–water partition coefficient (Wildman–Crippen LogP) is 3.54. The number of anilines is 1. The number of amides is 2. The van der Waals surface area contributed by atoms with Gasteiger partial charge in [0.05, 0.1) is 22.9 Å². The third-order valence-electron chi connectivity index (χ3n) is 5.95. The Balaban J connectivity index is 1.52. The molecule has 7 heteroatoms. The van der Waals surface area contributed by atoms with Gasteiger partial charge in [-0.2, -0.15) is 0 Å². The molecule has 4 rings (SSSR count). The van der Waals surface area contributed by atoms with Gasteiger partial charge in [0.1, 0.15) is 0 Å². The largest absolute Gasteiger partial charge is 0.478 e. The lowest BCUT2D eigenvalue weighted by Gasteiger charge is -2.23. The first-order valence-corrected chi connectivity index (χ1v) is 10.7. The van der Waals surface area contributed by atoms with E-state index in [1.54, 1.807) is 24.3 Å². The second kappa shape index (κ2) is 9.16. The summed E-state index contributed by atoms with van der Waals surface area (Å²) in [5.41, 5.74) is 10.5. The van der Waals surface area contributed by atoms with Gasteiger partial charge >= 0.3 is 5.97 Å². The minimum Gasteiger partial charge on any atom is -0.478 e. The highest BCUT2D eigenvalue weighted by Gasteiger charge is 2.26. The number of rotatable bonds is 7. The van der Waals surface area contributed by atoms with Crippen molar-refractivity contribution in [1.29, 1.82) is 0 Å². The molecule has 3 aromatic rings. The van der Waals surface area contributed by atoms with Crippen LogP contribution >= 0.6 is 0 Å². The van der Waals surface area contributed by atoms with E-state index in [0.29, 0.717) is 17.7 Å². The zero-order chi connectivity index (χ0) is 23.5. The maximum Gasteiger partial charge on any atom is 0.335 e. The number of nitrogens with one attached hydrogen (secondary N) is 1. The highest BCUT2D eigenvalue weighted by Crippen LogP contribution is 2.33. The van der Waals surface area contributed by atoms with Crippen LogP contribution in [0.3, 0.4) is 0 Å². The topological polar surface area (TPSA) is 113 Å². The van der Waals surface area contributed by atoms with Crippen molar-refractivity contribution >= 4 is 23.5 Å². The Hall–Kier alpha value is -4.13. The fraction of sp³-hybridized carbons (Fsp3) is 0.192. The van der Waals surface area contributed by atoms with E-state index in [2.05, 4.69) is 10.2 Å². The summed E-state index contributed by atoms with van der Waals surface area (Å²) < 4.78 is 0. The molecular formula is C26H25N3O4. The first kappa shape index (κ1) is 22.1. The molecule has 0 radical (unpaired) electrons. The number of para-hydroxylation sites is 1. The van der Waals surface area contributed by atoms with Gasteiger partial charge in [-0.15, -0.1) is 0 Å². The van der Waals surface area contributed by atoms with Gasteiger partial charge in [0.25, 0.3) is 5.91 Å². The number of nitrogens with zero attached hydrogens (tertiary/aromatic N) is 1. The van der Waals surface area contributed by atoms with Gasteiger partial charge in [0.15, 0.2) is 0 Å². The molecule has 1 aliphatic heterocycles. The minimum absolute atomic E-state index is 0.183. The number of carbonyl (C=O) groups excluding carboxylic acids is 2. The summed E-state index contributed by atoms with van der Waals surface area (Å²) >= 11 is 0. The Kier molecular flexibility index (Phi) is 6.13. The molecule has 3 aromatic carbocycles. The Morgan fingerprint density at radius 1 is 1.00 bits per heavy atom. The van der Waals surface area contributed by atoms with Crippen LogP contribution in [0.5, 0.6) is 0 Å². The van der Waals surface area contributed by atoms with Crippen molar-refractivity contribution in [2.24, 2.45) is 5.73 Å². The minimum atomic E-state index is -0.984. The van der Waals surface area contributed by atoms with Crippen LogP contribution in [0.15, 0.2) is 66.7 Å². The van der Waals surface area contributed by atoms with Crippen molar-refractivity contribution in [2.45, 2.75) is 25.9 Å². The summed E-state index contributed by atoms with van der Waals surface area (Å²) in [6, 6.07) is 19.1. The van der Waals surface area contributed by atoms with Crippen molar-refractivity contribution in [1.82, 2.24) is 5.32 Å². The monoisotopic (exact) mass is 443 g/mol. The number of carboxylic acids is 1. The number of carbonyl (C=O) groups is 3. The van der Waals surface area contributed by atoms with Crippen LogP contribution in [0, 0.1) is 0 Å². The smallest absolute Gasteiger partial charge is 0.335 e. The summed E-state index contributed by atoms with van der Waals surface area (Å²) in [6.07, 6.45) is 0.849. The molecule has 1 heterocycles. The fourth-order valence-corrected chi connectivity index (χ4v) is 4.14. The van der Waals surface area contributed by atoms with E-state index < -0.39 is 11.9 Å². The lowest BCUT2D eigenvalue weighted by atomic mass is 10.0. The number of aromatic carboxylic acids is 1. The van der Waals surface area contributed by atoms with Gasteiger partial charge < -0.3 is 21.1 Å². The van der Waals surface area contributed by atoms with E-state index in [0.717, 1.165) is 35.3 Å². The summed E-state index contributed by atoms with van der Waals surface area (Å²) in [7, 11) is 0. The first-order valence-electron chi connectivity index (χ1n) is 10.7. The molecular weight excluding hydrogens is 418 g/mol. The lowest BCUT2D eigenvalue weighted by Crippen LogP contribution is -2.29. The zero-order valence-corrected chi connectivity index (χ0v) is 18.2. The second-order valence-electron chi connectivity index (χ2n) is 8.17. The molecule has 1 aliphatic rings. The molecule has 4 N–H and O–H groups in total. The van der Waals surface area contributed by atoms with Gasteiger partial charge in [0, 0.05) is 18.7 Å². The summed E-state index contributed by atoms with van der Waals surface area (Å²) in [6.45, 7) is 3.28. The van der Waals surface area contributed by atoms with Crippen molar-refractivity contribution in [3.63, 3.8) is 0 Å². The second-order valence-corrected chi connectivity index (χ2v) is 8.17. The number of primary amides is 1. The maximum atomic E-state index is 13.2. The Morgan fingerprint density at radius 2 is 1.67 bits per heavy atom. The Labute approximate surface area is 191 Å². The van der Waals surface area contributed by atoms with E-state index >= 15 is 0 Å². The quantitative estimate of drug-likeness (QED) is 0.517. The van der Waals surface area contributed by atoms with E-state index in [1.165, 1.54) is 12.1 Å². The van der Waals surface area contributed by atoms with Gasteiger partial charge in [0.2, 0.25) is 5.91 Å². The molecule has 33 heavy (non-hydrogen) atoms. The molecule has 0 saturated heterocycles. The van der Waals surface area contributed by atoms with E-state index in [1.807, 2.05) is 37.3 Å². The van der Waals surface area contributed by atoms with E-state index in [9.17, 15) is 14.4 Å². The summed E-state index contributed by atoms with van der Waals surface area (Å²) in [5.74, 6) is -1.63. The van der Waals surface area contributed by atoms with E-state index in [-0.39, 0.29) is 17.5 Å². The number of nitrogens with two attached hydrogens (primary N) is 1. The fourth-order valence-electron chi connectivity index (χ4n) is 4.14. The molecule has 0 fully saturated rings. The lowest BCUT2D eigenvalue weighted by molar-refractivity contribution is 0.0696. The molecule has 2 amide bonds. The predicted molar refractivity (Wildman–Crippen MR) is 125 cm³/mol. The zero-order valence-electron chi connectivity index (χ0n) is 18.2. The highest BCUT2D eigenvalue weighted by molar-refractivity contribution is 6.01. The third kappa shape index (κ3) is 4.72. The molecule has 0 saturated carbocycles. The van der Waals surface area contributed by atoms with Crippen LogP contribution in [-0.2, 0) is 13.0 Å². The van der Waals surface area contributed by atoms with E-state index in [4.69, 9.17) is 10.8 Å².